The van der Waals surface area contributed by atoms with Gasteiger partial charge in [0.2, 0.25) is 0 Å². The first-order valence-electron chi connectivity index (χ1n) is 12.5. The van der Waals surface area contributed by atoms with Crippen molar-refractivity contribution in [2.24, 2.45) is 0 Å². The third-order valence-electron chi connectivity index (χ3n) is 7.49. The Hall–Kier alpha value is -5.02. The summed E-state index contributed by atoms with van der Waals surface area (Å²) in [5.74, 6) is 0.831. The highest BCUT2D eigenvalue weighted by molar-refractivity contribution is 6.14. The van der Waals surface area contributed by atoms with E-state index in [4.69, 9.17) is 9.97 Å². The minimum absolute atomic E-state index is 0.831. The van der Waals surface area contributed by atoms with Gasteiger partial charge in [0.25, 0.3) is 0 Å². The van der Waals surface area contributed by atoms with Crippen molar-refractivity contribution in [3.05, 3.63) is 133 Å². The van der Waals surface area contributed by atoms with Crippen molar-refractivity contribution in [2.45, 2.75) is 0 Å². The van der Waals surface area contributed by atoms with E-state index in [9.17, 15) is 0 Å². The lowest BCUT2D eigenvalue weighted by Gasteiger charge is -2.14. The Morgan fingerprint density at radius 1 is 0.514 bits per heavy atom. The van der Waals surface area contributed by atoms with Crippen LogP contribution in [0.15, 0.2) is 122 Å². The van der Waals surface area contributed by atoms with E-state index >= 15 is 0 Å². The monoisotopic (exact) mass is 471 g/mol. The second-order valence-corrected chi connectivity index (χ2v) is 9.54. The van der Waals surface area contributed by atoms with Crippen LogP contribution in [0.5, 0.6) is 0 Å². The fraction of sp³-hybridized carbons (Fsp3) is 0. The van der Waals surface area contributed by atoms with E-state index in [-0.39, 0.29) is 0 Å². The smallest absolute Gasteiger partial charge is 0.165 e. The van der Waals surface area contributed by atoms with E-state index < -0.39 is 0 Å². The molecule has 2 aromatic heterocycles. The highest BCUT2D eigenvalue weighted by Gasteiger charge is 2.25. The average molecular weight is 472 g/mol. The summed E-state index contributed by atoms with van der Waals surface area (Å²) in [6.07, 6.45) is 0. The number of fused-ring (bicyclic) bond motifs is 7. The van der Waals surface area contributed by atoms with Gasteiger partial charge in [-0.2, -0.15) is 0 Å². The first-order chi connectivity index (χ1) is 18.3. The first-order valence-corrected chi connectivity index (χ1v) is 12.5. The molecule has 0 unspecified atom stereocenters. The molecule has 37 heavy (non-hydrogen) atoms. The molecular weight excluding hydrogens is 450 g/mol. The summed E-state index contributed by atoms with van der Waals surface area (Å²) in [7, 11) is 0. The van der Waals surface area contributed by atoms with Crippen LogP contribution in [-0.2, 0) is 0 Å². The lowest BCUT2D eigenvalue weighted by molar-refractivity contribution is 1.08. The number of hydrogen-bond acceptors (Lipinski definition) is 2. The molecule has 0 atom stereocenters. The maximum Gasteiger partial charge on any atom is 0.165 e. The van der Waals surface area contributed by atoms with Crippen LogP contribution < -0.4 is 0 Å². The molecule has 1 aliphatic rings. The van der Waals surface area contributed by atoms with E-state index in [1.54, 1.807) is 0 Å². The summed E-state index contributed by atoms with van der Waals surface area (Å²) in [6, 6.07) is 40.2. The molecule has 0 fully saturated rings. The van der Waals surface area contributed by atoms with Gasteiger partial charge in [-0.05, 0) is 58.2 Å². The van der Waals surface area contributed by atoms with Gasteiger partial charge in [0, 0.05) is 16.3 Å². The SMILES string of the molecule is C=C1c2ccccc2-c2cc3c4ccccc4n(-c4nc5ccccc5nc4-c4ccccc4)c3cc21. The molecule has 3 heteroatoms. The third kappa shape index (κ3) is 2.82. The van der Waals surface area contributed by atoms with Gasteiger partial charge >= 0.3 is 0 Å². The lowest BCUT2D eigenvalue weighted by atomic mass is 10.0. The van der Waals surface area contributed by atoms with Gasteiger partial charge in [0.15, 0.2) is 5.82 Å². The molecule has 7 aromatic rings. The van der Waals surface area contributed by atoms with Gasteiger partial charge in [0.1, 0.15) is 5.69 Å². The second kappa shape index (κ2) is 7.49. The van der Waals surface area contributed by atoms with Gasteiger partial charge in [-0.15, -0.1) is 0 Å². The van der Waals surface area contributed by atoms with E-state index in [0.717, 1.165) is 44.7 Å². The van der Waals surface area contributed by atoms with Crippen LogP contribution in [0.4, 0.5) is 0 Å². The van der Waals surface area contributed by atoms with Crippen LogP contribution in [0.2, 0.25) is 0 Å². The summed E-state index contributed by atoms with van der Waals surface area (Å²) < 4.78 is 2.28. The molecule has 0 radical (unpaired) electrons. The summed E-state index contributed by atoms with van der Waals surface area (Å²) in [6.45, 7) is 4.47. The number of para-hydroxylation sites is 3. The molecule has 1 aliphatic carbocycles. The Balaban J connectivity index is 1.52. The fourth-order valence-electron chi connectivity index (χ4n) is 5.78. The fourth-order valence-corrected chi connectivity index (χ4v) is 5.78. The summed E-state index contributed by atoms with van der Waals surface area (Å²) >= 11 is 0. The quantitative estimate of drug-likeness (QED) is 0.253. The van der Waals surface area contributed by atoms with E-state index in [2.05, 4.69) is 96.1 Å². The van der Waals surface area contributed by atoms with Crippen LogP contribution in [0.3, 0.4) is 0 Å². The summed E-state index contributed by atoms with van der Waals surface area (Å²) in [5.41, 5.74) is 11.8. The molecule has 0 spiro atoms. The third-order valence-corrected chi connectivity index (χ3v) is 7.49. The normalized spacial score (nSPS) is 12.4. The predicted molar refractivity (Wildman–Crippen MR) is 153 cm³/mol. The molecule has 5 aromatic carbocycles. The van der Waals surface area contributed by atoms with Crippen molar-refractivity contribution in [3.8, 4) is 28.2 Å². The van der Waals surface area contributed by atoms with Crippen LogP contribution in [-0.4, -0.2) is 14.5 Å². The number of nitrogens with zero attached hydrogens (tertiary/aromatic N) is 3. The van der Waals surface area contributed by atoms with Gasteiger partial charge < -0.3 is 0 Å². The van der Waals surface area contributed by atoms with Crippen molar-refractivity contribution in [2.75, 3.05) is 0 Å². The van der Waals surface area contributed by atoms with E-state index in [0.29, 0.717) is 0 Å². The van der Waals surface area contributed by atoms with Crippen LogP contribution in [0.1, 0.15) is 11.1 Å². The topological polar surface area (TPSA) is 30.7 Å². The molecular formula is C34H21N3. The standard InChI is InChI=1S/C34H21N3/c1-21-23-13-5-6-14-24(23)27-19-28-25-15-7-10-18-31(25)37(32(28)20-26(21)27)34-33(22-11-3-2-4-12-22)35-29-16-8-9-17-30(29)36-34/h2-20H,1H2. The highest BCUT2D eigenvalue weighted by atomic mass is 15.1. The zero-order chi connectivity index (χ0) is 24.5. The second-order valence-electron chi connectivity index (χ2n) is 9.54. The Labute approximate surface area is 214 Å². The summed E-state index contributed by atoms with van der Waals surface area (Å²) in [4.78, 5) is 10.4. The van der Waals surface area contributed by atoms with Crippen LogP contribution in [0, 0.1) is 0 Å². The van der Waals surface area contributed by atoms with Crippen molar-refractivity contribution in [1.29, 1.82) is 0 Å². The molecule has 0 bridgehead atoms. The predicted octanol–water partition coefficient (Wildman–Crippen LogP) is 8.44. The molecule has 3 nitrogen and oxygen atoms in total. The van der Waals surface area contributed by atoms with Crippen LogP contribution in [0.25, 0.3) is 66.6 Å². The Morgan fingerprint density at radius 3 is 2.03 bits per heavy atom. The Kier molecular flexibility index (Phi) is 4.09. The van der Waals surface area contributed by atoms with Crippen LogP contribution >= 0.6 is 0 Å². The van der Waals surface area contributed by atoms with Crippen molar-refractivity contribution in [3.63, 3.8) is 0 Å². The zero-order valence-corrected chi connectivity index (χ0v) is 20.0. The maximum absolute atomic E-state index is 5.22. The molecule has 0 amide bonds. The van der Waals surface area contributed by atoms with Crippen molar-refractivity contribution < 1.29 is 0 Å². The number of benzene rings is 5. The Bertz CT molecular complexity index is 2050. The average Bonchev–Trinajstić information content (AvgIpc) is 3.43. The molecule has 2 heterocycles. The highest BCUT2D eigenvalue weighted by Crippen LogP contribution is 2.47. The number of hydrogen-bond donors (Lipinski definition) is 0. The van der Waals surface area contributed by atoms with Gasteiger partial charge in [-0.3, -0.25) is 4.57 Å². The van der Waals surface area contributed by atoms with Gasteiger partial charge in [0.05, 0.1) is 22.1 Å². The minimum atomic E-state index is 0.831. The maximum atomic E-state index is 5.22. The summed E-state index contributed by atoms with van der Waals surface area (Å²) in [5, 5.41) is 2.40. The number of rotatable bonds is 2. The minimum Gasteiger partial charge on any atom is -0.292 e. The first kappa shape index (κ1) is 20.2. The largest absolute Gasteiger partial charge is 0.292 e. The molecule has 0 saturated carbocycles. The van der Waals surface area contributed by atoms with Crippen molar-refractivity contribution in [1.82, 2.24) is 14.5 Å². The Morgan fingerprint density at radius 2 is 1.19 bits per heavy atom. The molecule has 0 N–H and O–H groups in total. The van der Waals surface area contributed by atoms with Gasteiger partial charge in [-0.25, -0.2) is 9.97 Å². The van der Waals surface area contributed by atoms with E-state index in [1.165, 1.54) is 33.0 Å². The van der Waals surface area contributed by atoms with Crippen molar-refractivity contribution >= 4 is 38.4 Å². The lowest BCUT2D eigenvalue weighted by Crippen LogP contribution is -2.03. The molecule has 172 valence electrons. The zero-order valence-electron chi connectivity index (χ0n) is 20.0. The van der Waals surface area contributed by atoms with Gasteiger partial charge in [-0.1, -0.05) is 91.5 Å². The molecule has 8 rings (SSSR count). The van der Waals surface area contributed by atoms with E-state index in [1.807, 2.05) is 30.3 Å². The number of aromatic nitrogens is 3. The molecule has 0 aliphatic heterocycles. The molecule has 0 saturated heterocycles.